The Labute approximate surface area is 119 Å². The molecule has 1 unspecified atom stereocenters. The third-order valence-corrected chi connectivity index (χ3v) is 4.99. The van der Waals surface area contributed by atoms with Crippen LogP contribution in [0.2, 0.25) is 0 Å². The summed E-state index contributed by atoms with van der Waals surface area (Å²) in [5.41, 5.74) is -0.0585. The standard InChI is InChI=1S/C14H18N2O3S/c1-11-9-16(10-14(2,3)19-11)20(17,18)13-6-4-12(8-15)5-7-13/h4-7,11H,9-10H2,1-3H3. The fourth-order valence-corrected chi connectivity index (χ4v) is 4.09. The van der Waals surface area contributed by atoms with Crippen molar-refractivity contribution < 1.29 is 13.2 Å². The number of sulfonamides is 1. The average molecular weight is 294 g/mol. The molecule has 1 aliphatic rings. The van der Waals surface area contributed by atoms with Gasteiger partial charge in [0.15, 0.2) is 0 Å². The monoisotopic (exact) mass is 294 g/mol. The van der Waals surface area contributed by atoms with E-state index >= 15 is 0 Å². The van der Waals surface area contributed by atoms with Crippen LogP contribution in [0.3, 0.4) is 0 Å². The number of nitriles is 1. The number of ether oxygens (including phenoxy) is 1. The number of rotatable bonds is 2. The predicted octanol–water partition coefficient (Wildman–Crippen LogP) is 1.75. The SMILES string of the molecule is CC1CN(S(=O)(=O)c2ccc(C#N)cc2)CC(C)(C)O1. The maximum Gasteiger partial charge on any atom is 0.243 e. The first kappa shape index (κ1) is 15.0. The highest BCUT2D eigenvalue weighted by Crippen LogP contribution is 2.26. The van der Waals surface area contributed by atoms with E-state index < -0.39 is 15.6 Å². The van der Waals surface area contributed by atoms with Gasteiger partial charge in [0.2, 0.25) is 10.0 Å². The Morgan fingerprint density at radius 2 is 1.95 bits per heavy atom. The van der Waals surface area contributed by atoms with E-state index in [-0.39, 0.29) is 11.0 Å². The summed E-state index contributed by atoms with van der Waals surface area (Å²) in [5, 5.41) is 8.76. The lowest BCUT2D eigenvalue weighted by Gasteiger charge is -2.40. The molecule has 1 heterocycles. The number of benzene rings is 1. The summed E-state index contributed by atoms with van der Waals surface area (Å²) < 4.78 is 32.4. The van der Waals surface area contributed by atoms with Gasteiger partial charge in [-0.1, -0.05) is 0 Å². The largest absolute Gasteiger partial charge is 0.370 e. The van der Waals surface area contributed by atoms with E-state index in [0.717, 1.165) is 0 Å². The van der Waals surface area contributed by atoms with Crippen molar-refractivity contribution in [3.63, 3.8) is 0 Å². The molecule has 1 aliphatic heterocycles. The van der Waals surface area contributed by atoms with Crippen LogP contribution >= 0.6 is 0 Å². The van der Waals surface area contributed by atoms with Gasteiger partial charge in [-0.3, -0.25) is 0 Å². The van der Waals surface area contributed by atoms with Crippen molar-refractivity contribution in [1.82, 2.24) is 4.31 Å². The number of hydrogen-bond acceptors (Lipinski definition) is 4. The highest BCUT2D eigenvalue weighted by atomic mass is 32.2. The van der Waals surface area contributed by atoms with Gasteiger partial charge < -0.3 is 4.74 Å². The van der Waals surface area contributed by atoms with Crippen molar-refractivity contribution >= 4 is 10.0 Å². The molecule has 0 radical (unpaired) electrons. The minimum atomic E-state index is -3.55. The van der Waals surface area contributed by atoms with Crippen LogP contribution in [-0.4, -0.2) is 37.5 Å². The van der Waals surface area contributed by atoms with Crippen LogP contribution in [0.4, 0.5) is 0 Å². The van der Waals surface area contributed by atoms with E-state index in [1.54, 1.807) is 0 Å². The molecule has 20 heavy (non-hydrogen) atoms. The lowest BCUT2D eigenvalue weighted by atomic mass is 10.1. The van der Waals surface area contributed by atoms with Crippen LogP contribution in [-0.2, 0) is 14.8 Å². The van der Waals surface area contributed by atoms with E-state index in [0.29, 0.717) is 18.7 Å². The molecule has 5 nitrogen and oxygen atoms in total. The maximum atomic E-state index is 12.6. The minimum absolute atomic E-state index is 0.146. The highest BCUT2D eigenvalue weighted by Gasteiger charge is 2.37. The molecule has 108 valence electrons. The van der Waals surface area contributed by atoms with Gasteiger partial charge in [0.05, 0.1) is 28.2 Å². The summed E-state index contributed by atoms with van der Waals surface area (Å²) in [5.74, 6) is 0. The Bertz CT molecular complexity index is 629. The van der Waals surface area contributed by atoms with Crippen LogP contribution in [0.25, 0.3) is 0 Å². The molecule has 1 fully saturated rings. The third-order valence-electron chi connectivity index (χ3n) is 3.16. The molecule has 0 amide bonds. The Morgan fingerprint density at radius 1 is 1.35 bits per heavy atom. The van der Waals surface area contributed by atoms with Crippen molar-refractivity contribution in [3.8, 4) is 6.07 Å². The van der Waals surface area contributed by atoms with Gasteiger partial charge in [-0.05, 0) is 45.0 Å². The van der Waals surface area contributed by atoms with Crippen molar-refractivity contribution in [3.05, 3.63) is 29.8 Å². The summed E-state index contributed by atoms with van der Waals surface area (Å²) in [6, 6.07) is 7.95. The molecule has 0 spiro atoms. The summed E-state index contributed by atoms with van der Waals surface area (Å²) >= 11 is 0. The second kappa shape index (κ2) is 5.17. The van der Waals surface area contributed by atoms with E-state index in [2.05, 4.69) is 0 Å². The molecule has 1 aromatic rings. The highest BCUT2D eigenvalue weighted by molar-refractivity contribution is 7.89. The molecule has 0 aromatic heterocycles. The van der Waals surface area contributed by atoms with Crippen molar-refractivity contribution in [1.29, 1.82) is 5.26 Å². The van der Waals surface area contributed by atoms with E-state index in [4.69, 9.17) is 10.00 Å². The fraction of sp³-hybridized carbons (Fsp3) is 0.500. The molecule has 0 saturated carbocycles. The first-order chi connectivity index (χ1) is 9.24. The van der Waals surface area contributed by atoms with E-state index in [9.17, 15) is 8.42 Å². The first-order valence-corrected chi connectivity index (χ1v) is 7.87. The third kappa shape index (κ3) is 3.01. The molecule has 1 aromatic carbocycles. The summed E-state index contributed by atoms with van der Waals surface area (Å²) in [6.45, 7) is 6.28. The molecular formula is C14H18N2O3S. The van der Waals surface area contributed by atoms with Crippen molar-refractivity contribution in [2.45, 2.75) is 37.4 Å². The van der Waals surface area contributed by atoms with Gasteiger partial charge in [0.25, 0.3) is 0 Å². The Hall–Kier alpha value is -1.42. The molecular weight excluding hydrogens is 276 g/mol. The van der Waals surface area contributed by atoms with Gasteiger partial charge in [-0.25, -0.2) is 8.42 Å². The van der Waals surface area contributed by atoms with Crippen LogP contribution in [0.1, 0.15) is 26.3 Å². The summed E-state index contributed by atoms with van der Waals surface area (Å²) in [4.78, 5) is 0.210. The zero-order valence-corrected chi connectivity index (χ0v) is 12.6. The zero-order valence-electron chi connectivity index (χ0n) is 11.8. The molecule has 6 heteroatoms. The van der Waals surface area contributed by atoms with E-state index in [1.807, 2.05) is 26.8 Å². The predicted molar refractivity (Wildman–Crippen MR) is 74.5 cm³/mol. The minimum Gasteiger partial charge on any atom is -0.370 e. The molecule has 0 aliphatic carbocycles. The van der Waals surface area contributed by atoms with Gasteiger partial charge in [0, 0.05) is 13.1 Å². The normalized spacial score (nSPS) is 23.2. The molecule has 0 bridgehead atoms. The van der Waals surface area contributed by atoms with Gasteiger partial charge in [0.1, 0.15) is 0 Å². The second-order valence-corrected chi connectivity index (χ2v) is 7.56. The number of nitrogens with zero attached hydrogens (tertiary/aromatic N) is 2. The first-order valence-electron chi connectivity index (χ1n) is 6.43. The van der Waals surface area contributed by atoms with Gasteiger partial charge in [-0.15, -0.1) is 0 Å². The fourth-order valence-electron chi connectivity index (χ4n) is 2.43. The number of morpholine rings is 1. The second-order valence-electron chi connectivity index (χ2n) is 5.62. The average Bonchev–Trinajstić information content (AvgIpc) is 2.36. The van der Waals surface area contributed by atoms with Crippen LogP contribution in [0.15, 0.2) is 29.2 Å². The van der Waals surface area contributed by atoms with E-state index in [1.165, 1.54) is 28.6 Å². The van der Waals surface area contributed by atoms with Crippen LogP contribution in [0, 0.1) is 11.3 Å². The van der Waals surface area contributed by atoms with Gasteiger partial charge in [-0.2, -0.15) is 9.57 Å². The molecule has 1 atom stereocenters. The van der Waals surface area contributed by atoms with Crippen LogP contribution < -0.4 is 0 Å². The van der Waals surface area contributed by atoms with Crippen molar-refractivity contribution in [2.75, 3.05) is 13.1 Å². The maximum absolute atomic E-state index is 12.6. The van der Waals surface area contributed by atoms with Crippen molar-refractivity contribution in [2.24, 2.45) is 0 Å². The Morgan fingerprint density at radius 3 is 2.45 bits per heavy atom. The topological polar surface area (TPSA) is 70.4 Å². The zero-order chi connectivity index (χ0) is 15.0. The molecule has 2 rings (SSSR count). The summed E-state index contributed by atoms with van der Waals surface area (Å²) in [6.07, 6.45) is -0.146. The lowest BCUT2D eigenvalue weighted by Crippen LogP contribution is -2.53. The Kier molecular flexibility index (Phi) is 3.87. The van der Waals surface area contributed by atoms with Gasteiger partial charge >= 0.3 is 0 Å². The quantitative estimate of drug-likeness (QED) is 0.833. The lowest BCUT2D eigenvalue weighted by molar-refractivity contribution is -0.109. The number of hydrogen-bond donors (Lipinski definition) is 0. The van der Waals surface area contributed by atoms with Crippen LogP contribution in [0.5, 0.6) is 0 Å². The summed E-state index contributed by atoms with van der Waals surface area (Å²) in [7, 11) is -3.55. The Balaban J connectivity index is 2.32. The molecule has 1 saturated heterocycles. The molecule has 0 N–H and O–H groups in total. The smallest absolute Gasteiger partial charge is 0.243 e.